The molecule has 1 aliphatic rings. The van der Waals surface area contributed by atoms with Crippen LogP contribution in [0.1, 0.15) is 12.5 Å². The summed E-state index contributed by atoms with van der Waals surface area (Å²) >= 11 is 6.19. The van der Waals surface area contributed by atoms with Crippen LogP contribution in [0.2, 0.25) is 5.02 Å². The maximum atomic E-state index is 13.2. The third kappa shape index (κ3) is 4.07. The van der Waals surface area contributed by atoms with Crippen molar-refractivity contribution >= 4 is 29.1 Å². The summed E-state index contributed by atoms with van der Waals surface area (Å²) in [5.74, 6) is 0.459. The van der Waals surface area contributed by atoms with Crippen LogP contribution in [0, 0.1) is 6.92 Å². The van der Waals surface area contributed by atoms with Crippen molar-refractivity contribution < 1.29 is 19.1 Å². The van der Waals surface area contributed by atoms with Gasteiger partial charge in [-0.25, -0.2) is 0 Å². The van der Waals surface area contributed by atoms with E-state index in [0.29, 0.717) is 22.2 Å². The molecule has 1 aliphatic heterocycles. The molecule has 7 heteroatoms. The Balaban J connectivity index is 1.86. The van der Waals surface area contributed by atoms with Crippen molar-refractivity contribution in [1.29, 1.82) is 0 Å². The summed E-state index contributed by atoms with van der Waals surface area (Å²) in [4.78, 5) is 28.6. The summed E-state index contributed by atoms with van der Waals surface area (Å²) in [5, 5.41) is 0.438. The fraction of sp³-hybridized carbons (Fsp3) is 0.333. The van der Waals surface area contributed by atoms with Gasteiger partial charge < -0.3 is 19.3 Å². The van der Waals surface area contributed by atoms with Gasteiger partial charge in [-0.15, -0.1) is 0 Å². The Hall–Kier alpha value is -2.73. The van der Waals surface area contributed by atoms with Gasteiger partial charge in [0.1, 0.15) is 11.5 Å². The number of ether oxygens (including phenoxy) is 2. The van der Waals surface area contributed by atoms with E-state index in [1.807, 2.05) is 19.1 Å². The molecule has 0 fully saturated rings. The number of para-hydroxylation sites is 2. The second-order valence-electron chi connectivity index (χ2n) is 6.95. The number of carbonyl (C=O) groups is 2. The number of anilines is 1. The largest absolute Gasteiger partial charge is 0.479 e. The highest BCUT2D eigenvalue weighted by Gasteiger charge is 2.36. The zero-order valence-corrected chi connectivity index (χ0v) is 17.1. The lowest BCUT2D eigenvalue weighted by atomic mass is 10.1. The molecule has 0 N–H and O–H groups in total. The predicted molar refractivity (Wildman–Crippen MR) is 108 cm³/mol. The monoisotopic (exact) mass is 402 g/mol. The number of hydrogen-bond acceptors (Lipinski definition) is 4. The van der Waals surface area contributed by atoms with E-state index in [1.54, 1.807) is 56.3 Å². The predicted octanol–water partition coefficient (Wildman–Crippen LogP) is 3.30. The van der Waals surface area contributed by atoms with Crippen molar-refractivity contribution in [3.8, 4) is 11.5 Å². The molecular weight excluding hydrogens is 380 g/mol. The molecule has 0 aromatic heterocycles. The Bertz CT molecular complexity index is 900. The van der Waals surface area contributed by atoms with E-state index in [4.69, 9.17) is 21.1 Å². The van der Waals surface area contributed by atoms with Gasteiger partial charge in [-0.05, 0) is 43.7 Å². The zero-order chi connectivity index (χ0) is 20.4. The molecule has 28 heavy (non-hydrogen) atoms. The Morgan fingerprint density at radius 3 is 2.68 bits per heavy atom. The Kier molecular flexibility index (Phi) is 5.79. The van der Waals surface area contributed by atoms with Gasteiger partial charge in [-0.3, -0.25) is 9.59 Å². The lowest BCUT2D eigenvalue weighted by Crippen LogP contribution is -2.52. The minimum atomic E-state index is -0.791. The van der Waals surface area contributed by atoms with Gasteiger partial charge in [0.25, 0.3) is 11.8 Å². The lowest BCUT2D eigenvalue weighted by molar-refractivity contribution is -0.136. The van der Waals surface area contributed by atoms with Crippen LogP contribution in [0.3, 0.4) is 0 Å². The van der Waals surface area contributed by atoms with Crippen molar-refractivity contribution in [1.82, 2.24) is 4.90 Å². The topological polar surface area (TPSA) is 59.1 Å². The van der Waals surface area contributed by atoms with Crippen LogP contribution in [-0.4, -0.2) is 49.6 Å². The summed E-state index contributed by atoms with van der Waals surface area (Å²) in [7, 11) is 3.31. The molecule has 2 atom stereocenters. The minimum absolute atomic E-state index is 0.113. The molecule has 0 spiro atoms. The fourth-order valence-corrected chi connectivity index (χ4v) is 3.18. The number of fused-ring (bicyclic) bond motifs is 1. The van der Waals surface area contributed by atoms with Crippen LogP contribution in [-0.2, 0) is 9.59 Å². The summed E-state index contributed by atoms with van der Waals surface area (Å²) < 4.78 is 11.7. The van der Waals surface area contributed by atoms with Gasteiger partial charge >= 0.3 is 0 Å². The molecule has 0 saturated carbocycles. The number of halogens is 1. The first-order chi connectivity index (χ1) is 13.3. The van der Waals surface area contributed by atoms with E-state index in [-0.39, 0.29) is 18.4 Å². The first-order valence-corrected chi connectivity index (χ1v) is 9.36. The van der Waals surface area contributed by atoms with Gasteiger partial charge in [0.05, 0.1) is 17.3 Å². The summed E-state index contributed by atoms with van der Waals surface area (Å²) in [6.45, 7) is 3.70. The van der Waals surface area contributed by atoms with Crippen LogP contribution < -0.4 is 14.4 Å². The SMILES string of the molecule is Cc1ccc(Cl)c(O[C@@H](C)C(=O)N2C[C@H](C(=O)N(C)C)Oc3ccccc32)c1. The maximum absolute atomic E-state index is 13.2. The number of nitrogens with zero attached hydrogens (tertiary/aromatic N) is 2. The van der Waals surface area contributed by atoms with Gasteiger partial charge in [-0.1, -0.05) is 29.8 Å². The third-order valence-corrected chi connectivity index (χ3v) is 4.81. The van der Waals surface area contributed by atoms with E-state index in [9.17, 15) is 9.59 Å². The number of aryl methyl sites for hydroxylation is 1. The Labute approximate surface area is 169 Å². The highest BCUT2D eigenvalue weighted by molar-refractivity contribution is 6.32. The quantitative estimate of drug-likeness (QED) is 0.787. The van der Waals surface area contributed by atoms with Crippen LogP contribution in [0.15, 0.2) is 42.5 Å². The second kappa shape index (κ2) is 8.10. The minimum Gasteiger partial charge on any atom is -0.479 e. The molecular formula is C21H23ClN2O4. The highest BCUT2D eigenvalue weighted by Crippen LogP contribution is 2.34. The molecule has 3 rings (SSSR count). The van der Waals surface area contributed by atoms with Gasteiger partial charge in [0, 0.05) is 14.1 Å². The summed E-state index contributed by atoms with van der Waals surface area (Å²) in [6.07, 6.45) is -1.57. The van der Waals surface area contributed by atoms with Crippen molar-refractivity contribution in [3.05, 3.63) is 53.1 Å². The maximum Gasteiger partial charge on any atom is 0.268 e. The van der Waals surface area contributed by atoms with E-state index >= 15 is 0 Å². The summed E-state index contributed by atoms with van der Waals surface area (Å²) in [5.41, 5.74) is 1.59. The highest BCUT2D eigenvalue weighted by atomic mass is 35.5. The molecule has 0 radical (unpaired) electrons. The molecule has 2 amide bonds. The number of carbonyl (C=O) groups excluding carboxylic acids is 2. The Morgan fingerprint density at radius 1 is 1.25 bits per heavy atom. The molecule has 148 valence electrons. The van der Waals surface area contributed by atoms with Crippen LogP contribution in [0.5, 0.6) is 11.5 Å². The third-order valence-electron chi connectivity index (χ3n) is 4.49. The van der Waals surface area contributed by atoms with Crippen molar-refractivity contribution in [3.63, 3.8) is 0 Å². The van der Waals surface area contributed by atoms with Crippen LogP contribution in [0.25, 0.3) is 0 Å². The summed E-state index contributed by atoms with van der Waals surface area (Å²) in [6, 6.07) is 12.5. The van der Waals surface area contributed by atoms with Gasteiger partial charge in [0.15, 0.2) is 12.2 Å². The van der Waals surface area contributed by atoms with E-state index in [1.165, 1.54) is 4.90 Å². The average Bonchev–Trinajstić information content (AvgIpc) is 2.68. The van der Waals surface area contributed by atoms with Crippen molar-refractivity contribution in [2.75, 3.05) is 25.5 Å². The number of rotatable bonds is 4. The van der Waals surface area contributed by atoms with E-state index < -0.39 is 12.2 Å². The molecule has 6 nitrogen and oxygen atoms in total. The normalized spacial score (nSPS) is 16.6. The molecule has 2 aromatic rings. The fourth-order valence-electron chi connectivity index (χ4n) is 3.02. The van der Waals surface area contributed by atoms with Gasteiger partial charge in [-0.2, -0.15) is 0 Å². The van der Waals surface area contributed by atoms with Crippen molar-refractivity contribution in [2.45, 2.75) is 26.1 Å². The van der Waals surface area contributed by atoms with E-state index in [2.05, 4.69) is 0 Å². The average molecular weight is 403 g/mol. The molecule has 0 unspecified atom stereocenters. The molecule has 0 aliphatic carbocycles. The molecule has 0 saturated heterocycles. The molecule has 2 aromatic carbocycles. The number of hydrogen-bond donors (Lipinski definition) is 0. The van der Waals surface area contributed by atoms with Crippen molar-refractivity contribution in [2.24, 2.45) is 0 Å². The standard InChI is InChI=1S/C21H23ClN2O4/c1-13-9-10-15(22)18(11-13)27-14(2)20(25)24-12-19(21(26)23(3)4)28-17-8-6-5-7-16(17)24/h5-11,14,19H,12H2,1-4H3/t14-,19+/m0/s1. The smallest absolute Gasteiger partial charge is 0.268 e. The van der Waals surface area contributed by atoms with Gasteiger partial charge in [0.2, 0.25) is 0 Å². The number of amides is 2. The first-order valence-electron chi connectivity index (χ1n) is 8.99. The van der Waals surface area contributed by atoms with E-state index in [0.717, 1.165) is 5.56 Å². The Morgan fingerprint density at radius 2 is 1.96 bits per heavy atom. The molecule has 0 bridgehead atoms. The number of benzene rings is 2. The first kappa shape index (κ1) is 20.0. The number of likely N-dealkylation sites (N-methyl/N-ethyl adjacent to an activating group) is 1. The zero-order valence-electron chi connectivity index (χ0n) is 16.3. The lowest BCUT2D eigenvalue weighted by Gasteiger charge is -2.36. The second-order valence-corrected chi connectivity index (χ2v) is 7.36. The van der Waals surface area contributed by atoms with Crippen LogP contribution in [0.4, 0.5) is 5.69 Å². The van der Waals surface area contributed by atoms with Crippen LogP contribution >= 0.6 is 11.6 Å². The molecule has 1 heterocycles.